The molecule has 0 aliphatic carbocycles. The van der Waals surface area contributed by atoms with E-state index in [0.717, 1.165) is 13.0 Å². The van der Waals surface area contributed by atoms with Crippen LogP contribution in [0.3, 0.4) is 0 Å². The Morgan fingerprint density at radius 3 is 2.43 bits per heavy atom. The SMILES string of the molecule is OC1CC[N-]C1.[W]. The van der Waals surface area contributed by atoms with Gasteiger partial charge in [0.15, 0.2) is 0 Å². The van der Waals surface area contributed by atoms with Gasteiger partial charge in [-0.15, -0.1) is 13.1 Å². The zero-order chi connectivity index (χ0) is 4.41. The Hall–Kier alpha value is 0.608. The van der Waals surface area contributed by atoms with Crippen molar-refractivity contribution in [2.45, 2.75) is 12.5 Å². The van der Waals surface area contributed by atoms with E-state index in [-0.39, 0.29) is 27.2 Å². The summed E-state index contributed by atoms with van der Waals surface area (Å²) in [4.78, 5) is 0. The van der Waals surface area contributed by atoms with Gasteiger partial charge in [-0.1, -0.05) is 0 Å². The van der Waals surface area contributed by atoms with Crippen molar-refractivity contribution >= 4 is 0 Å². The topological polar surface area (TPSA) is 34.3 Å². The normalized spacial score (nSPS) is 29.6. The van der Waals surface area contributed by atoms with Crippen molar-refractivity contribution in [1.29, 1.82) is 0 Å². The largest absolute Gasteiger partial charge is 0.660 e. The van der Waals surface area contributed by atoms with E-state index in [1.807, 2.05) is 0 Å². The molecule has 1 fully saturated rings. The third-order valence-corrected chi connectivity index (χ3v) is 0.960. The van der Waals surface area contributed by atoms with Gasteiger partial charge in [-0.05, 0) is 6.42 Å². The molecular formula is C4H8NOW-. The maximum atomic E-state index is 8.64. The van der Waals surface area contributed by atoms with E-state index in [9.17, 15) is 0 Å². The summed E-state index contributed by atoms with van der Waals surface area (Å²) >= 11 is 0. The summed E-state index contributed by atoms with van der Waals surface area (Å²) in [7, 11) is 0. The van der Waals surface area contributed by atoms with Crippen LogP contribution in [0.25, 0.3) is 5.32 Å². The van der Waals surface area contributed by atoms with Crippen LogP contribution in [0.5, 0.6) is 0 Å². The summed E-state index contributed by atoms with van der Waals surface area (Å²) < 4.78 is 0. The van der Waals surface area contributed by atoms with E-state index in [0.29, 0.717) is 6.54 Å². The van der Waals surface area contributed by atoms with E-state index in [1.165, 1.54) is 0 Å². The van der Waals surface area contributed by atoms with Gasteiger partial charge in [-0.2, -0.15) is 0 Å². The first-order valence-corrected chi connectivity index (χ1v) is 2.21. The number of rotatable bonds is 0. The molecule has 1 N–H and O–H groups in total. The van der Waals surface area contributed by atoms with Crippen LogP contribution in [-0.2, 0) is 21.1 Å². The minimum absolute atomic E-state index is 0. The van der Waals surface area contributed by atoms with Gasteiger partial charge in [-0.3, -0.25) is 0 Å². The molecule has 1 heterocycles. The fourth-order valence-corrected chi connectivity index (χ4v) is 0.572. The third kappa shape index (κ3) is 2.42. The Balaban J connectivity index is 0.000000360. The monoisotopic (exact) mass is 270 g/mol. The van der Waals surface area contributed by atoms with Crippen LogP contribution in [0.1, 0.15) is 6.42 Å². The minimum Gasteiger partial charge on any atom is -0.660 e. The number of nitrogens with zero attached hydrogens (tertiary/aromatic N) is 1. The molecule has 42 valence electrons. The molecule has 1 aliphatic rings. The van der Waals surface area contributed by atoms with Gasteiger partial charge in [-0.25, -0.2) is 0 Å². The maximum absolute atomic E-state index is 8.64. The van der Waals surface area contributed by atoms with Crippen LogP contribution in [0.15, 0.2) is 0 Å². The van der Waals surface area contributed by atoms with Crippen molar-refractivity contribution in [3.05, 3.63) is 5.32 Å². The van der Waals surface area contributed by atoms with Gasteiger partial charge in [0, 0.05) is 27.2 Å². The fourth-order valence-electron chi connectivity index (χ4n) is 0.572. The molecule has 0 aromatic rings. The van der Waals surface area contributed by atoms with Crippen LogP contribution in [-0.4, -0.2) is 24.3 Å². The predicted octanol–water partition coefficient (Wildman–Crippen LogP) is 0.122. The van der Waals surface area contributed by atoms with Crippen molar-refractivity contribution in [1.82, 2.24) is 0 Å². The maximum Gasteiger partial charge on any atom is 0.0336 e. The smallest absolute Gasteiger partial charge is 0.0336 e. The Morgan fingerprint density at radius 2 is 2.29 bits per heavy atom. The molecule has 3 heteroatoms. The molecule has 7 heavy (non-hydrogen) atoms. The Labute approximate surface area is 57.6 Å². The molecule has 1 unspecified atom stereocenters. The summed E-state index contributed by atoms with van der Waals surface area (Å²) in [5.74, 6) is 0. The molecule has 1 saturated heterocycles. The van der Waals surface area contributed by atoms with Crippen LogP contribution < -0.4 is 0 Å². The Bertz CT molecular complexity index is 45.0. The molecule has 1 rings (SSSR count). The Kier molecular flexibility index (Phi) is 3.90. The van der Waals surface area contributed by atoms with Gasteiger partial charge in [0.1, 0.15) is 0 Å². The fraction of sp³-hybridized carbons (Fsp3) is 1.00. The summed E-state index contributed by atoms with van der Waals surface area (Å²) in [6.07, 6.45) is 0.755. The van der Waals surface area contributed by atoms with E-state index in [4.69, 9.17) is 5.11 Å². The standard InChI is InChI=1S/C4H8NO.W/c6-4-1-2-5-3-4;/h4,6H,1-3H2;/q-1;. The van der Waals surface area contributed by atoms with Crippen molar-refractivity contribution in [3.8, 4) is 0 Å². The summed E-state index contributed by atoms with van der Waals surface area (Å²) in [5, 5.41) is 12.5. The van der Waals surface area contributed by atoms with Gasteiger partial charge >= 0.3 is 0 Å². The zero-order valence-corrected chi connectivity index (χ0v) is 6.93. The number of aliphatic hydroxyl groups is 1. The van der Waals surface area contributed by atoms with Gasteiger partial charge in [0.2, 0.25) is 0 Å². The van der Waals surface area contributed by atoms with Gasteiger partial charge in [0.25, 0.3) is 0 Å². The number of aliphatic hydroxyl groups excluding tert-OH is 1. The van der Waals surface area contributed by atoms with Gasteiger partial charge in [0.05, 0.1) is 0 Å². The molecular weight excluding hydrogens is 262 g/mol. The second-order valence-electron chi connectivity index (χ2n) is 1.57. The van der Waals surface area contributed by atoms with Crippen molar-refractivity contribution < 1.29 is 26.2 Å². The average molecular weight is 270 g/mol. The predicted molar refractivity (Wildman–Crippen MR) is 23.7 cm³/mol. The van der Waals surface area contributed by atoms with Crippen molar-refractivity contribution in [2.24, 2.45) is 0 Å². The average Bonchev–Trinajstić information content (AvgIpc) is 1.86. The molecule has 0 aromatic carbocycles. The second kappa shape index (κ2) is 3.59. The van der Waals surface area contributed by atoms with E-state index < -0.39 is 0 Å². The van der Waals surface area contributed by atoms with Crippen molar-refractivity contribution in [3.63, 3.8) is 0 Å². The molecule has 0 bridgehead atoms. The Morgan fingerprint density at radius 1 is 1.57 bits per heavy atom. The molecule has 0 radical (unpaired) electrons. The van der Waals surface area contributed by atoms with E-state index in [2.05, 4.69) is 5.32 Å². The second-order valence-corrected chi connectivity index (χ2v) is 1.57. The van der Waals surface area contributed by atoms with Crippen LogP contribution >= 0.6 is 0 Å². The van der Waals surface area contributed by atoms with E-state index >= 15 is 0 Å². The molecule has 0 spiro atoms. The third-order valence-electron chi connectivity index (χ3n) is 0.960. The first-order chi connectivity index (χ1) is 2.89. The zero-order valence-electron chi connectivity index (χ0n) is 4.00. The molecule has 0 amide bonds. The molecule has 2 nitrogen and oxygen atoms in total. The first-order valence-electron chi connectivity index (χ1n) is 2.21. The molecule has 1 aliphatic heterocycles. The summed E-state index contributed by atoms with van der Waals surface area (Å²) in [5.41, 5.74) is 0. The van der Waals surface area contributed by atoms with Crippen molar-refractivity contribution in [2.75, 3.05) is 13.1 Å². The first kappa shape index (κ1) is 7.61. The molecule has 0 aromatic heterocycles. The summed E-state index contributed by atoms with van der Waals surface area (Å²) in [6.45, 7) is 1.53. The van der Waals surface area contributed by atoms with Crippen LogP contribution in [0, 0.1) is 0 Å². The van der Waals surface area contributed by atoms with E-state index in [1.54, 1.807) is 0 Å². The molecule has 1 atom stereocenters. The van der Waals surface area contributed by atoms with Gasteiger partial charge < -0.3 is 10.4 Å². The number of hydrogen-bond donors (Lipinski definition) is 1. The summed E-state index contributed by atoms with van der Waals surface area (Å²) in [6, 6.07) is 0. The van der Waals surface area contributed by atoms with Crippen LogP contribution in [0.4, 0.5) is 0 Å². The molecule has 0 saturated carbocycles. The van der Waals surface area contributed by atoms with Crippen LogP contribution in [0.2, 0.25) is 0 Å². The number of hydrogen-bond acceptors (Lipinski definition) is 1. The quantitative estimate of drug-likeness (QED) is 0.666. The minimum atomic E-state index is -0.120.